The lowest BCUT2D eigenvalue weighted by Gasteiger charge is -2.58. The fourth-order valence-electron chi connectivity index (χ4n) is 7.84. The maximum atomic E-state index is 14.1. The minimum absolute atomic E-state index is 0.0576. The highest BCUT2D eigenvalue weighted by molar-refractivity contribution is 5.70. The van der Waals surface area contributed by atoms with Gasteiger partial charge in [0.15, 0.2) is 0 Å². The lowest BCUT2D eigenvalue weighted by Crippen LogP contribution is -2.54. The van der Waals surface area contributed by atoms with Gasteiger partial charge >= 0.3 is 24.1 Å². The molecule has 0 aromatic rings. The zero-order valence-corrected chi connectivity index (χ0v) is 22.2. The fourth-order valence-corrected chi connectivity index (χ4v) is 7.84. The van der Waals surface area contributed by atoms with Gasteiger partial charge in [-0.2, -0.15) is 13.2 Å². The Hall–Kier alpha value is -2.58. The Morgan fingerprint density at radius 3 is 2.16 bits per heavy atom. The summed E-state index contributed by atoms with van der Waals surface area (Å²) in [5, 5.41) is 0. The van der Waals surface area contributed by atoms with Crippen molar-refractivity contribution in [2.45, 2.75) is 91.8 Å². The normalized spacial score (nSPS) is 38.2. The van der Waals surface area contributed by atoms with Crippen LogP contribution >= 0.6 is 0 Å². The number of allylic oxidation sites excluding steroid dienone is 5. The number of carbonyl (C=O) groups is 3. The molecule has 9 heteroatoms. The Balaban J connectivity index is 1.79. The van der Waals surface area contributed by atoms with Crippen LogP contribution in [0.2, 0.25) is 0 Å². The number of ether oxygens (including phenoxy) is 3. The molecule has 204 valence electrons. The van der Waals surface area contributed by atoms with E-state index < -0.39 is 34.9 Å². The van der Waals surface area contributed by atoms with Gasteiger partial charge in [-0.05, 0) is 80.3 Å². The van der Waals surface area contributed by atoms with Crippen LogP contribution in [0.1, 0.15) is 80.1 Å². The van der Waals surface area contributed by atoms with Gasteiger partial charge in [0.25, 0.3) is 0 Å². The summed E-state index contributed by atoms with van der Waals surface area (Å²) in [5.41, 5.74) is -0.980. The topological polar surface area (TPSA) is 78.9 Å². The zero-order valence-electron chi connectivity index (χ0n) is 22.2. The maximum Gasteiger partial charge on any atom is 0.450 e. The van der Waals surface area contributed by atoms with Crippen molar-refractivity contribution in [1.29, 1.82) is 0 Å². The third-order valence-corrected chi connectivity index (χ3v) is 9.58. The first-order valence-corrected chi connectivity index (χ1v) is 12.8. The summed E-state index contributed by atoms with van der Waals surface area (Å²) in [5.74, 6) is -3.33. The van der Waals surface area contributed by atoms with E-state index in [1.165, 1.54) is 13.0 Å². The molecule has 0 amide bonds. The fraction of sp³-hybridized carbons (Fsp3) is 0.679. The van der Waals surface area contributed by atoms with Gasteiger partial charge in [-0.1, -0.05) is 19.9 Å². The van der Waals surface area contributed by atoms with E-state index in [9.17, 15) is 27.6 Å². The van der Waals surface area contributed by atoms with Crippen molar-refractivity contribution in [3.8, 4) is 0 Å². The van der Waals surface area contributed by atoms with Gasteiger partial charge in [0.05, 0.1) is 0 Å². The summed E-state index contributed by atoms with van der Waals surface area (Å²) >= 11 is 0. The molecule has 4 aliphatic rings. The molecule has 4 rings (SSSR count). The average molecular weight is 525 g/mol. The first-order valence-electron chi connectivity index (χ1n) is 12.8. The predicted octanol–water partition coefficient (Wildman–Crippen LogP) is 6.32. The van der Waals surface area contributed by atoms with Crippen molar-refractivity contribution in [2.24, 2.45) is 28.6 Å². The van der Waals surface area contributed by atoms with Crippen LogP contribution in [0.15, 0.2) is 34.8 Å². The van der Waals surface area contributed by atoms with Gasteiger partial charge in [0.2, 0.25) is 5.76 Å². The average Bonchev–Trinajstić information content (AvgIpc) is 3.00. The van der Waals surface area contributed by atoms with Crippen LogP contribution < -0.4 is 0 Å². The summed E-state index contributed by atoms with van der Waals surface area (Å²) in [6, 6.07) is 0. The monoisotopic (exact) mass is 524 g/mol. The highest BCUT2D eigenvalue weighted by Crippen LogP contribution is 2.68. The molecule has 0 aromatic carbocycles. The van der Waals surface area contributed by atoms with E-state index >= 15 is 0 Å². The Bertz CT molecular complexity index is 1120. The summed E-state index contributed by atoms with van der Waals surface area (Å²) in [6.07, 6.45) is 2.42. The van der Waals surface area contributed by atoms with Crippen LogP contribution in [0.5, 0.6) is 0 Å². The molecule has 4 aliphatic carbocycles. The molecular weight excluding hydrogens is 489 g/mol. The molecular formula is C28H35F3O6. The lowest BCUT2D eigenvalue weighted by atomic mass is 9.47. The minimum Gasteiger partial charge on any atom is -0.459 e. The van der Waals surface area contributed by atoms with E-state index in [0.717, 1.165) is 51.5 Å². The number of hydrogen-bond donors (Lipinski definition) is 0. The summed E-state index contributed by atoms with van der Waals surface area (Å²) < 4.78 is 58.1. The summed E-state index contributed by atoms with van der Waals surface area (Å²) in [6.45, 7) is 9.61. The number of halogens is 3. The van der Waals surface area contributed by atoms with Gasteiger partial charge in [-0.25, -0.2) is 0 Å². The quantitative estimate of drug-likeness (QED) is 0.244. The van der Waals surface area contributed by atoms with Crippen molar-refractivity contribution >= 4 is 17.9 Å². The van der Waals surface area contributed by atoms with Gasteiger partial charge < -0.3 is 14.2 Å². The van der Waals surface area contributed by atoms with E-state index in [-0.39, 0.29) is 46.9 Å². The van der Waals surface area contributed by atoms with Crippen molar-refractivity contribution < 1.29 is 41.8 Å². The molecule has 0 bridgehead atoms. The van der Waals surface area contributed by atoms with E-state index in [0.29, 0.717) is 0 Å². The van der Waals surface area contributed by atoms with Crippen LogP contribution in [-0.4, -0.2) is 29.7 Å². The molecule has 0 spiro atoms. The Labute approximate surface area is 215 Å². The molecule has 37 heavy (non-hydrogen) atoms. The predicted molar refractivity (Wildman–Crippen MR) is 127 cm³/mol. The van der Waals surface area contributed by atoms with Crippen LogP contribution in [0.4, 0.5) is 13.2 Å². The SMILES string of the molecule is CC(=O)OC1=CC2=CCC3C(CCC4(C)C3CCC4(C)OC(C)=O)C2(C)CC1=C(OC(C)=O)C(F)(F)F. The molecule has 0 radical (unpaired) electrons. The third-order valence-electron chi connectivity index (χ3n) is 9.58. The van der Waals surface area contributed by atoms with Crippen molar-refractivity contribution in [1.82, 2.24) is 0 Å². The Morgan fingerprint density at radius 1 is 0.946 bits per heavy atom. The molecule has 2 saturated carbocycles. The van der Waals surface area contributed by atoms with Crippen molar-refractivity contribution in [2.75, 3.05) is 0 Å². The molecule has 6 nitrogen and oxygen atoms in total. The Kier molecular flexibility index (Phi) is 6.69. The largest absolute Gasteiger partial charge is 0.459 e. The number of carbonyl (C=O) groups excluding carboxylic acids is 3. The molecule has 2 fully saturated rings. The second-order valence-electron chi connectivity index (χ2n) is 11.7. The molecule has 0 heterocycles. The van der Waals surface area contributed by atoms with Gasteiger partial charge in [-0.15, -0.1) is 0 Å². The van der Waals surface area contributed by atoms with Crippen LogP contribution in [0.3, 0.4) is 0 Å². The number of alkyl halides is 3. The summed E-state index contributed by atoms with van der Waals surface area (Å²) in [4.78, 5) is 35.3. The highest BCUT2D eigenvalue weighted by atomic mass is 19.4. The number of esters is 3. The molecule has 6 atom stereocenters. The van der Waals surface area contributed by atoms with Gasteiger partial charge in [0, 0.05) is 31.8 Å². The van der Waals surface area contributed by atoms with E-state index in [1.807, 2.05) is 19.9 Å². The van der Waals surface area contributed by atoms with Gasteiger partial charge in [-0.3, -0.25) is 14.4 Å². The second-order valence-corrected chi connectivity index (χ2v) is 11.7. The molecule has 6 unspecified atom stereocenters. The lowest BCUT2D eigenvalue weighted by molar-refractivity contribution is -0.176. The van der Waals surface area contributed by atoms with E-state index in [2.05, 4.69) is 6.92 Å². The van der Waals surface area contributed by atoms with Crippen LogP contribution in [0.25, 0.3) is 0 Å². The number of rotatable bonds is 3. The molecule has 0 aliphatic heterocycles. The molecule has 0 saturated heterocycles. The van der Waals surface area contributed by atoms with Crippen molar-refractivity contribution in [3.63, 3.8) is 0 Å². The first-order chi connectivity index (χ1) is 17.0. The third kappa shape index (κ3) is 4.52. The van der Waals surface area contributed by atoms with Crippen LogP contribution in [-0.2, 0) is 28.6 Å². The zero-order chi connectivity index (χ0) is 27.6. The van der Waals surface area contributed by atoms with E-state index in [4.69, 9.17) is 14.2 Å². The smallest absolute Gasteiger partial charge is 0.450 e. The number of fused-ring (bicyclic) bond motifs is 5. The molecule has 0 N–H and O–H groups in total. The maximum absolute atomic E-state index is 14.1. The standard InChI is InChI=1S/C28H35F3O6/c1-15(32)35-23-13-18-7-8-19-21(9-11-26(5)22(19)10-12-27(26,6)37-17(3)34)25(18,4)14-20(23)24(28(29,30)31)36-16(2)33/h7,13,19,21-22H,8-12,14H2,1-6H3. The summed E-state index contributed by atoms with van der Waals surface area (Å²) in [7, 11) is 0. The van der Waals surface area contributed by atoms with Crippen molar-refractivity contribution in [3.05, 3.63) is 34.8 Å². The van der Waals surface area contributed by atoms with Gasteiger partial charge in [0.1, 0.15) is 11.4 Å². The number of hydrogen-bond acceptors (Lipinski definition) is 6. The second kappa shape index (κ2) is 9.02. The van der Waals surface area contributed by atoms with E-state index in [1.54, 1.807) is 0 Å². The minimum atomic E-state index is -4.95. The Morgan fingerprint density at radius 2 is 1.59 bits per heavy atom. The first kappa shape index (κ1) is 27.5. The van der Waals surface area contributed by atoms with Crippen LogP contribution in [0, 0.1) is 28.6 Å². The highest BCUT2D eigenvalue weighted by Gasteiger charge is 2.64. The molecule has 0 aromatic heterocycles.